The van der Waals surface area contributed by atoms with Gasteiger partial charge in [0, 0.05) is 29.7 Å². The number of amides is 2. The van der Waals surface area contributed by atoms with Crippen LogP contribution >= 0.6 is 11.3 Å². The van der Waals surface area contributed by atoms with Gasteiger partial charge in [0.15, 0.2) is 0 Å². The molecular formula is C22H19FN2O2S. The van der Waals surface area contributed by atoms with Crippen LogP contribution in [0.15, 0.2) is 66.0 Å². The summed E-state index contributed by atoms with van der Waals surface area (Å²) >= 11 is 1.54. The number of carbonyl (C=O) groups is 2. The summed E-state index contributed by atoms with van der Waals surface area (Å²) in [6, 6.07) is 16.9. The smallest absolute Gasteiger partial charge is 0.255 e. The van der Waals surface area contributed by atoms with Crippen molar-refractivity contribution in [3.05, 3.63) is 87.9 Å². The minimum absolute atomic E-state index is 0.0498. The van der Waals surface area contributed by atoms with Gasteiger partial charge >= 0.3 is 0 Å². The van der Waals surface area contributed by atoms with E-state index in [0.29, 0.717) is 17.8 Å². The predicted octanol–water partition coefficient (Wildman–Crippen LogP) is 4.64. The first kappa shape index (κ1) is 18.4. The van der Waals surface area contributed by atoms with Gasteiger partial charge in [-0.3, -0.25) is 9.59 Å². The molecule has 1 aromatic heterocycles. The van der Waals surface area contributed by atoms with Crippen LogP contribution in [0.2, 0.25) is 0 Å². The van der Waals surface area contributed by atoms with Crippen LogP contribution in [0.25, 0.3) is 0 Å². The number of nitrogens with zero attached hydrogens (tertiary/aromatic N) is 2. The Labute approximate surface area is 166 Å². The molecule has 1 aliphatic heterocycles. The molecule has 2 heterocycles. The van der Waals surface area contributed by atoms with Crippen molar-refractivity contribution in [1.29, 1.82) is 0 Å². The van der Waals surface area contributed by atoms with Crippen LogP contribution in [0.3, 0.4) is 0 Å². The molecule has 142 valence electrons. The van der Waals surface area contributed by atoms with Gasteiger partial charge in [0.1, 0.15) is 5.82 Å². The highest BCUT2D eigenvalue weighted by atomic mass is 32.1. The third-order valence-corrected chi connectivity index (χ3v) is 6.03. The van der Waals surface area contributed by atoms with E-state index in [4.69, 9.17) is 0 Å². The van der Waals surface area contributed by atoms with E-state index in [0.717, 1.165) is 10.4 Å². The van der Waals surface area contributed by atoms with Crippen LogP contribution in [0, 0.1) is 5.82 Å². The highest BCUT2D eigenvalue weighted by Crippen LogP contribution is 2.36. The number of benzene rings is 2. The number of thiophene rings is 1. The lowest BCUT2D eigenvalue weighted by atomic mass is 10.1. The summed E-state index contributed by atoms with van der Waals surface area (Å²) in [5.41, 5.74) is 2.30. The van der Waals surface area contributed by atoms with E-state index in [1.165, 1.54) is 28.4 Å². The molecule has 0 unspecified atom stereocenters. The standard InChI is InChI=1S/C22H19FN2O2S/c1-24(17-10-8-16(23)9-11-17)21(26)13-19(20-7-4-12-28-20)25-14-15-5-2-3-6-18(15)22(25)27/h2-12,19H,13-14H2,1H3/t19-/m1/s1. The minimum Gasteiger partial charge on any atom is -0.326 e. The second-order valence-corrected chi connectivity index (χ2v) is 7.73. The molecule has 0 N–H and O–H groups in total. The van der Waals surface area contributed by atoms with E-state index in [2.05, 4.69) is 0 Å². The molecule has 0 aliphatic carbocycles. The average Bonchev–Trinajstić information content (AvgIpc) is 3.35. The van der Waals surface area contributed by atoms with Crippen LogP contribution in [0.1, 0.15) is 33.3 Å². The molecule has 2 aromatic carbocycles. The molecule has 0 saturated heterocycles. The van der Waals surface area contributed by atoms with E-state index in [1.807, 2.05) is 41.8 Å². The van der Waals surface area contributed by atoms with Gasteiger partial charge in [-0.15, -0.1) is 11.3 Å². The highest BCUT2D eigenvalue weighted by Gasteiger charge is 2.35. The van der Waals surface area contributed by atoms with Crippen LogP contribution in [-0.4, -0.2) is 23.8 Å². The highest BCUT2D eigenvalue weighted by molar-refractivity contribution is 7.10. The van der Waals surface area contributed by atoms with E-state index < -0.39 is 0 Å². The van der Waals surface area contributed by atoms with Gasteiger partial charge in [-0.1, -0.05) is 24.3 Å². The summed E-state index contributed by atoms with van der Waals surface area (Å²) in [5.74, 6) is -0.526. The summed E-state index contributed by atoms with van der Waals surface area (Å²) in [5, 5.41) is 1.95. The summed E-state index contributed by atoms with van der Waals surface area (Å²) in [7, 11) is 1.67. The Bertz CT molecular complexity index is 1000. The number of halogens is 1. The van der Waals surface area contributed by atoms with Crippen LogP contribution < -0.4 is 4.90 Å². The van der Waals surface area contributed by atoms with E-state index >= 15 is 0 Å². The molecule has 3 aromatic rings. The molecule has 0 saturated carbocycles. The summed E-state index contributed by atoms with van der Waals surface area (Å²) < 4.78 is 13.2. The largest absolute Gasteiger partial charge is 0.326 e. The Morgan fingerprint density at radius 3 is 2.57 bits per heavy atom. The van der Waals surface area contributed by atoms with E-state index in [9.17, 15) is 14.0 Å². The van der Waals surface area contributed by atoms with Gasteiger partial charge in [0.05, 0.1) is 12.5 Å². The maximum absolute atomic E-state index is 13.2. The molecule has 1 aliphatic rings. The van der Waals surface area contributed by atoms with Crippen molar-refractivity contribution in [3.8, 4) is 0 Å². The molecule has 1 atom stereocenters. The molecule has 28 heavy (non-hydrogen) atoms. The molecule has 0 bridgehead atoms. The monoisotopic (exact) mass is 394 g/mol. The molecule has 4 nitrogen and oxygen atoms in total. The second kappa shape index (κ2) is 7.56. The maximum Gasteiger partial charge on any atom is 0.255 e. The van der Waals surface area contributed by atoms with Crippen LogP contribution in [-0.2, 0) is 11.3 Å². The van der Waals surface area contributed by atoms with Gasteiger partial charge in [0.2, 0.25) is 5.91 Å². The number of anilines is 1. The summed E-state index contributed by atoms with van der Waals surface area (Å²) in [6.45, 7) is 0.491. The molecule has 4 rings (SSSR count). The van der Waals surface area contributed by atoms with Crippen molar-refractivity contribution >= 4 is 28.8 Å². The predicted molar refractivity (Wildman–Crippen MR) is 108 cm³/mol. The second-order valence-electron chi connectivity index (χ2n) is 6.75. The average molecular weight is 394 g/mol. The third-order valence-electron chi connectivity index (χ3n) is 5.05. The molecule has 6 heteroatoms. The zero-order valence-corrected chi connectivity index (χ0v) is 16.2. The van der Waals surface area contributed by atoms with Crippen LogP contribution in [0.5, 0.6) is 0 Å². The maximum atomic E-state index is 13.2. The zero-order chi connectivity index (χ0) is 19.7. The fourth-order valence-electron chi connectivity index (χ4n) is 3.48. The Balaban J connectivity index is 1.59. The summed E-state index contributed by atoms with van der Waals surface area (Å²) in [4.78, 5) is 30.2. The van der Waals surface area contributed by atoms with Crippen molar-refractivity contribution in [2.45, 2.75) is 19.0 Å². The zero-order valence-electron chi connectivity index (χ0n) is 15.3. The molecule has 2 amide bonds. The van der Waals surface area contributed by atoms with Crippen molar-refractivity contribution in [2.24, 2.45) is 0 Å². The first-order valence-electron chi connectivity index (χ1n) is 8.99. The van der Waals surface area contributed by atoms with Crippen molar-refractivity contribution in [1.82, 2.24) is 4.90 Å². The Hall–Kier alpha value is -2.99. The fraction of sp³-hybridized carbons (Fsp3) is 0.182. The number of fused-ring (bicyclic) bond motifs is 1. The lowest BCUT2D eigenvalue weighted by Crippen LogP contribution is -2.35. The number of rotatable bonds is 5. The normalized spacial score (nSPS) is 14.1. The first-order valence-corrected chi connectivity index (χ1v) is 9.87. The van der Waals surface area contributed by atoms with Gasteiger partial charge in [-0.25, -0.2) is 4.39 Å². The van der Waals surface area contributed by atoms with Crippen molar-refractivity contribution in [3.63, 3.8) is 0 Å². The van der Waals surface area contributed by atoms with Gasteiger partial charge in [0.25, 0.3) is 5.91 Å². The van der Waals surface area contributed by atoms with Gasteiger partial charge < -0.3 is 9.80 Å². The first-order chi connectivity index (χ1) is 13.5. The van der Waals surface area contributed by atoms with Crippen molar-refractivity contribution in [2.75, 3.05) is 11.9 Å². The van der Waals surface area contributed by atoms with Crippen molar-refractivity contribution < 1.29 is 14.0 Å². The fourth-order valence-corrected chi connectivity index (χ4v) is 4.32. The van der Waals surface area contributed by atoms with Gasteiger partial charge in [-0.2, -0.15) is 0 Å². The summed E-state index contributed by atoms with van der Waals surface area (Å²) in [6.07, 6.45) is 0.161. The quantitative estimate of drug-likeness (QED) is 0.633. The minimum atomic E-state index is -0.346. The molecule has 0 fully saturated rings. The lowest BCUT2D eigenvalue weighted by molar-refractivity contribution is -0.119. The SMILES string of the molecule is CN(C(=O)C[C@H](c1cccs1)N1Cc2ccccc2C1=O)c1ccc(F)cc1. The van der Waals surface area contributed by atoms with Gasteiger partial charge in [-0.05, 0) is 47.3 Å². The van der Waals surface area contributed by atoms with E-state index in [-0.39, 0.29) is 30.1 Å². The Morgan fingerprint density at radius 2 is 1.89 bits per heavy atom. The Kier molecular flexibility index (Phi) is 4.96. The number of hydrogen-bond acceptors (Lipinski definition) is 3. The Morgan fingerprint density at radius 1 is 1.14 bits per heavy atom. The molecule has 0 spiro atoms. The third kappa shape index (κ3) is 3.43. The lowest BCUT2D eigenvalue weighted by Gasteiger charge is -2.28. The van der Waals surface area contributed by atoms with Crippen LogP contribution in [0.4, 0.5) is 10.1 Å². The number of carbonyl (C=O) groups excluding carboxylic acids is 2. The topological polar surface area (TPSA) is 40.6 Å². The van der Waals surface area contributed by atoms with E-state index in [1.54, 1.807) is 24.1 Å². The molecule has 0 radical (unpaired) electrons. The molecular weight excluding hydrogens is 375 g/mol. The number of hydrogen-bond donors (Lipinski definition) is 0.